The van der Waals surface area contributed by atoms with E-state index in [1.165, 1.54) is 16.7 Å². The number of carbonyl (C=O) groups is 2. The minimum Gasteiger partial charge on any atom is -0.476 e. The van der Waals surface area contributed by atoms with Crippen LogP contribution in [0.5, 0.6) is 0 Å². The minimum absolute atomic E-state index is 0.0160. The predicted octanol–water partition coefficient (Wildman–Crippen LogP) is 3.67. The number of thiazole rings is 1. The highest BCUT2D eigenvalue weighted by Crippen LogP contribution is 2.42. The van der Waals surface area contributed by atoms with Crippen LogP contribution in [0.4, 0.5) is 0 Å². The van der Waals surface area contributed by atoms with Crippen molar-refractivity contribution in [1.29, 1.82) is 0 Å². The summed E-state index contributed by atoms with van der Waals surface area (Å²) in [5.41, 5.74) is 0.509. The largest absolute Gasteiger partial charge is 0.476 e. The van der Waals surface area contributed by atoms with Gasteiger partial charge in [0.2, 0.25) is 5.91 Å². The van der Waals surface area contributed by atoms with Gasteiger partial charge in [0.1, 0.15) is 0 Å². The van der Waals surface area contributed by atoms with E-state index in [4.69, 9.17) is 16.7 Å². The topological polar surface area (TPSA) is 79.3 Å². The molecule has 0 spiro atoms. The second kappa shape index (κ2) is 7.54. The number of rotatable bonds is 6. The standard InChI is InChI=1S/C18H19ClN2O3S/c19-13-5-3-4-12(10-13)18(7-1-2-8-18)17(24)20-9-6-15-21-14(11-25-15)16(22)23/h3-5,10-11H,1-2,6-9H2,(H,20,24)(H,22,23). The molecule has 0 radical (unpaired) electrons. The van der Waals surface area contributed by atoms with Gasteiger partial charge in [0.15, 0.2) is 5.69 Å². The van der Waals surface area contributed by atoms with Gasteiger partial charge in [0.05, 0.1) is 10.4 Å². The van der Waals surface area contributed by atoms with Gasteiger partial charge < -0.3 is 10.4 Å². The van der Waals surface area contributed by atoms with E-state index < -0.39 is 11.4 Å². The molecule has 1 aliphatic carbocycles. The Morgan fingerprint density at radius 1 is 1.32 bits per heavy atom. The summed E-state index contributed by atoms with van der Waals surface area (Å²) in [6, 6.07) is 7.55. The Bertz CT molecular complexity index is 784. The molecule has 0 aliphatic heterocycles. The van der Waals surface area contributed by atoms with E-state index in [1.54, 1.807) is 0 Å². The van der Waals surface area contributed by atoms with Crippen molar-refractivity contribution in [3.05, 3.63) is 50.9 Å². The maximum Gasteiger partial charge on any atom is 0.355 e. The highest BCUT2D eigenvalue weighted by Gasteiger charge is 2.42. The van der Waals surface area contributed by atoms with E-state index in [2.05, 4.69) is 10.3 Å². The molecule has 1 aromatic heterocycles. The number of aromatic carboxylic acids is 1. The van der Waals surface area contributed by atoms with Crippen LogP contribution in [0.3, 0.4) is 0 Å². The molecule has 0 atom stereocenters. The molecule has 1 aromatic carbocycles. The zero-order valence-electron chi connectivity index (χ0n) is 13.6. The Hall–Kier alpha value is -1.92. The first kappa shape index (κ1) is 17.9. The molecule has 1 heterocycles. The Morgan fingerprint density at radius 2 is 2.08 bits per heavy atom. The van der Waals surface area contributed by atoms with E-state index >= 15 is 0 Å². The number of carboxylic acids is 1. The van der Waals surface area contributed by atoms with Crippen molar-refractivity contribution in [2.75, 3.05) is 6.54 Å². The number of aromatic nitrogens is 1. The molecular weight excluding hydrogens is 360 g/mol. The summed E-state index contributed by atoms with van der Waals surface area (Å²) in [5.74, 6) is -1.01. The summed E-state index contributed by atoms with van der Waals surface area (Å²) in [6.07, 6.45) is 4.21. The first-order valence-electron chi connectivity index (χ1n) is 8.23. The molecule has 2 N–H and O–H groups in total. The van der Waals surface area contributed by atoms with E-state index in [9.17, 15) is 9.59 Å². The van der Waals surface area contributed by atoms with E-state index in [0.29, 0.717) is 23.0 Å². The van der Waals surface area contributed by atoms with Gasteiger partial charge in [0, 0.05) is 23.4 Å². The Morgan fingerprint density at radius 3 is 2.72 bits per heavy atom. The van der Waals surface area contributed by atoms with Crippen molar-refractivity contribution in [3.8, 4) is 0 Å². The van der Waals surface area contributed by atoms with Crippen molar-refractivity contribution in [2.24, 2.45) is 0 Å². The third kappa shape index (κ3) is 3.85. The van der Waals surface area contributed by atoms with Crippen LogP contribution in [-0.4, -0.2) is 28.5 Å². The van der Waals surface area contributed by atoms with E-state index in [0.717, 1.165) is 31.2 Å². The molecular formula is C18H19ClN2O3S. The van der Waals surface area contributed by atoms with Gasteiger partial charge >= 0.3 is 5.97 Å². The van der Waals surface area contributed by atoms with Crippen LogP contribution in [0.1, 0.15) is 46.7 Å². The molecule has 0 saturated heterocycles. The number of amides is 1. The number of hydrogen-bond acceptors (Lipinski definition) is 4. The average molecular weight is 379 g/mol. The lowest BCUT2D eigenvalue weighted by Crippen LogP contribution is -2.43. The number of carbonyl (C=O) groups excluding carboxylic acids is 1. The molecule has 1 aliphatic rings. The molecule has 1 amide bonds. The van der Waals surface area contributed by atoms with Crippen LogP contribution >= 0.6 is 22.9 Å². The van der Waals surface area contributed by atoms with Crippen LogP contribution in [-0.2, 0) is 16.6 Å². The third-order valence-electron chi connectivity index (χ3n) is 4.66. The van der Waals surface area contributed by atoms with Crippen LogP contribution in [0, 0.1) is 0 Å². The van der Waals surface area contributed by atoms with Crippen LogP contribution < -0.4 is 5.32 Å². The van der Waals surface area contributed by atoms with Gasteiger partial charge in [-0.1, -0.05) is 36.6 Å². The van der Waals surface area contributed by atoms with Crippen molar-refractivity contribution in [1.82, 2.24) is 10.3 Å². The molecule has 7 heteroatoms. The SMILES string of the molecule is O=C(O)c1csc(CCNC(=O)C2(c3cccc(Cl)c3)CCCC2)n1. The van der Waals surface area contributed by atoms with Gasteiger partial charge in [-0.25, -0.2) is 9.78 Å². The molecule has 0 bridgehead atoms. The molecule has 5 nitrogen and oxygen atoms in total. The average Bonchev–Trinajstić information content (AvgIpc) is 3.25. The van der Waals surface area contributed by atoms with Gasteiger partial charge in [-0.2, -0.15) is 0 Å². The summed E-state index contributed by atoms with van der Waals surface area (Å²) in [7, 11) is 0. The number of nitrogens with zero attached hydrogens (tertiary/aromatic N) is 1. The second-order valence-electron chi connectivity index (χ2n) is 6.24. The van der Waals surface area contributed by atoms with Crippen molar-refractivity contribution in [3.63, 3.8) is 0 Å². The number of halogens is 1. The highest BCUT2D eigenvalue weighted by atomic mass is 35.5. The Balaban J connectivity index is 1.66. The van der Waals surface area contributed by atoms with Gasteiger partial charge in [-0.05, 0) is 30.5 Å². The molecule has 0 unspecified atom stereocenters. The maximum absolute atomic E-state index is 12.9. The molecule has 132 valence electrons. The smallest absolute Gasteiger partial charge is 0.355 e. The zero-order valence-corrected chi connectivity index (χ0v) is 15.2. The lowest BCUT2D eigenvalue weighted by Gasteiger charge is -2.28. The molecule has 3 rings (SSSR count). The van der Waals surface area contributed by atoms with Crippen molar-refractivity contribution >= 4 is 34.8 Å². The lowest BCUT2D eigenvalue weighted by atomic mass is 9.78. The summed E-state index contributed by atoms with van der Waals surface area (Å²) in [5, 5.41) is 14.8. The highest BCUT2D eigenvalue weighted by molar-refractivity contribution is 7.09. The third-order valence-corrected chi connectivity index (χ3v) is 5.81. The van der Waals surface area contributed by atoms with Gasteiger partial charge in [-0.3, -0.25) is 4.79 Å². The minimum atomic E-state index is -1.03. The van der Waals surface area contributed by atoms with E-state index in [-0.39, 0.29) is 11.6 Å². The lowest BCUT2D eigenvalue weighted by molar-refractivity contribution is -0.126. The number of carboxylic acid groups (broad SMARTS) is 1. The number of benzene rings is 1. The van der Waals surface area contributed by atoms with Crippen LogP contribution in [0.2, 0.25) is 5.02 Å². The molecule has 1 fully saturated rings. The van der Waals surface area contributed by atoms with E-state index in [1.807, 2.05) is 24.3 Å². The van der Waals surface area contributed by atoms with Crippen LogP contribution in [0.25, 0.3) is 0 Å². The summed E-state index contributed by atoms with van der Waals surface area (Å²) < 4.78 is 0. The van der Waals surface area contributed by atoms with Gasteiger partial charge in [-0.15, -0.1) is 11.3 Å². The fourth-order valence-electron chi connectivity index (χ4n) is 3.39. The molecule has 25 heavy (non-hydrogen) atoms. The quantitative estimate of drug-likeness (QED) is 0.803. The fourth-order valence-corrected chi connectivity index (χ4v) is 4.35. The number of nitrogens with one attached hydrogen (secondary N) is 1. The molecule has 1 saturated carbocycles. The summed E-state index contributed by atoms with van der Waals surface area (Å²) >= 11 is 7.41. The maximum atomic E-state index is 12.9. The van der Waals surface area contributed by atoms with Crippen LogP contribution in [0.15, 0.2) is 29.6 Å². The summed E-state index contributed by atoms with van der Waals surface area (Å²) in [6.45, 7) is 0.438. The molecule has 2 aromatic rings. The number of hydrogen-bond donors (Lipinski definition) is 2. The predicted molar refractivity (Wildman–Crippen MR) is 97.4 cm³/mol. The van der Waals surface area contributed by atoms with Crippen molar-refractivity contribution in [2.45, 2.75) is 37.5 Å². The Labute approximate surface area is 155 Å². The Kier molecular flexibility index (Phi) is 5.39. The van der Waals surface area contributed by atoms with Crippen molar-refractivity contribution < 1.29 is 14.7 Å². The normalized spacial score (nSPS) is 15.9. The first-order chi connectivity index (χ1) is 12.0. The fraction of sp³-hybridized carbons (Fsp3) is 0.389. The zero-order chi connectivity index (χ0) is 17.9. The first-order valence-corrected chi connectivity index (χ1v) is 9.49. The second-order valence-corrected chi connectivity index (χ2v) is 7.62. The monoisotopic (exact) mass is 378 g/mol. The van der Waals surface area contributed by atoms with Gasteiger partial charge in [0.25, 0.3) is 0 Å². The summed E-state index contributed by atoms with van der Waals surface area (Å²) in [4.78, 5) is 27.8.